The maximum absolute atomic E-state index is 14.2. The zero-order valence-corrected chi connectivity index (χ0v) is 29.5. The van der Waals surface area contributed by atoms with Crippen molar-refractivity contribution in [1.29, 1.82) is 5.26 Å². The predicted octanol–water partition coefficient (Wildman–Crippen LogP) is 4.28. The van der Waals surface area contributed by atoms with E-state index < -0.39 is 25.6 Å². The van der Waals surface area contributed by atoms with Crippen LogP contribution < -0.4 is 4.90 Å². The van der Waals surface area contributed by atoms with Crippen molar-refractivity contribution in [2.24, 2.45) is 11.3 Å². The van der Waals surface area contributed by atoms with Crippen molar-refractivity contribution in [3.05, 3.63) is 58.6 Å². The summed E-state index contributed by atoms with van der Waals surface area (Å²) in [5.41, 5.74) is 2.31. The van der Waals surface area contributed by atoms with E-state index in [-0.39, 0.29) is 30.4 Å². The average Bonchev–Trinajstić information content (AvgIpc) is 2.98. The van der Waals surface area contributed by atoms with Gasteiger partial charge in [0.15, 0.2) is 0 Å². The summed E-state index contributed by atoms with van der Waals surface area (Å²) in [5.74, 6) is -0.250. The molecule has 1 saturated heterocycles. The third-order valence-electron chi connectivity index (χ3n) is 8.50. The molecule has 0 saturated carbocycles. The van der Waals surface area contributed by atoms with Crippen LogP contribution in [0.3, 0.4) is 0 Å². The number of hydrogen-bond donors (Lipinski definition) is 0. The highest BCUT2D eigenvalue weighted by molar-refractivity contribution is 7.89. The van der Waals surface area contributed by atoms with E-state index in [4.69, 9.17) is 11.6 Å². The van der Waals surface area contributed by atoms with Crippen molar-refractivity contribution in [3.63, 3.8) is 0 Å². The second-order valence-corrected chi connectivity index (χ2v) is 17.5. The van der Waals surface area contributed by atoms with Gasteiger partial charge in [0.1, 0.15) is 0 Å². The Kier molecular flexibility index (Phi) is 11.6. The highest BCUT2D eigenvalue weighted by atomic mass is 35.5. The Morgan fingerprint density at radius 1 is 0.889 bits per heavy atom. The number of fused-ring (bicyclic) bond motifs is 1. The molecule has 2 aliphatic rings. The van der Waals surface area contributed by atoms with Crippen LogP contribution in [0.25, 0.3) is 0 Å². The van der Waals surface area contributed by atoms with Crippen LogP contribution >= 0.6 is 11.6 Å². The molecule has 0 amide bonds. The van der Waals surface area contributed by atoms with Gasteiger partial charge in [0.2, 0.25) is 10.0 Å². The normalized spacial score (nSPS) is 20.9. The molecule has 0 spiro atoms. The van der Waals surface area contributed by atoms with Crippen molar-refractivity contribution in [2.75, 3.05) is 71.4 Å². The van der Waals surface area contributed by atoms with E-state index in [0.29, 0.717) is 63.6 Å². The second-order valence-electron chi connectivity index (χ2n) is 13.2. The van der Waals surface area contributed by atoms with Crippen molar-refractivity contribution >= 4 is 37.5 Å². The van der Waals surface area contributed by atoms with Gasteiger partial charge in [0, 0.05) is 70.6 Å². The van der Waals surface area contributed by atoms with Crippen molar-refractivity contribution < 1.29 is 16.8 Å². The molecule has 4 rings (SSSR count). The molecule has 0 aromatic heterocycles. The summed E-state index contributed by atoms with van der Waals surface area (Å²) < 4.78 is 60.8. The molecule has 10 nitrogen and oxygen atoms in total. The molecule has 0 aliphatic carbocycles. The molecule has 0 unspecified atom stereocenters. The van der Waals surface area contributed by atoms with Gasteiger partial charge >= 0.3 is 0 Å². The van der Waals surface area contributed by atoms with Gasteiger partial charge in [0.05, 0.1) is 16.4 Å². The van der Waals surface area contributed by atoms with E-state index in [2.05, 4.69) is 11.0 Å². The van der Waals surface area contributed by atoms with Gasteiger partial charge < -0.3 is 9.80 Å². The van der Waals surface area contributed by atoms with E-state index in [0.717, 1.165) is 16.8 Å². The van der Waals surface area contributed by atoms with Crippen molar-refractivity contribution in [3.8, 4) is 6.07 Å². The zero-order chi connectivity index (χ0) is 33.0. The molecule has 2 aromatic carbocycles. The predicted molar refractivity (Wildman–Crippen MR) is 180 cm³/mol. The van der Waals surface area contributed by atoms with E-state index in [1.807, 2.05) is 51.9 Å². The molecule has 13 heteroatoms. The molecule has 2 aliphatic heterocycles. The number of anilines is 1. The van der Waals surface area contributed by atoms with Gasteiger partial charge in [-0.1, -0.05) is 24.6 Å². The van der Waals surface area contributed by atoms with Gasteiger partial charge in [-0.3, -0.25) is 0 Å². The summed E-state index contributed by atoms with van der Waals surface area (Å²) in [6.45, 7) is 9.01. The first-order valence-electron chi connectivity index (χ1n) is 15.6. The molecule has 0 N–H and O–H groups in total. The highest BCUT2D eigenvalue weighted by Gasteiger charge is 2.35. The molecule has 248 valence electrons. The van der Waals surface area contributed by atoms with Gasteiger partial charge in [-0.15, -0.1) is 0 Å². The number of benzene rings is 2. The number of nitriles is 1. The van der Waals surface area contributed by atoms with Crippen LogP contribution in [0.4, 0.5) is 5.69 Å². The third-order valence-corrected chi connectivity index (χ3v) is 12.6. The minimum atomic E-state index is -3.84. The maximum atomic E-state index is 14.2. The molecule has 1 fully saturated rings. The molecule has 2 heterocycles. The van der Waals surface area contributed by atoms with Crippen molar-refractivity contribution in [1.82, 2.24) is 17.8 Å². The Bertz CT molecular complexity index is 1580. The summed E-state index contributed by atoms with van der Waals surface area (Å²) in [6.07, 6.45) is 1.78. The monoisotopic (exact) mass is 678 g/mol. The molecule has 0 bridgehead atoms. The van der Waals surface area contributed by atoms with E-state index in [1.165, 1.54) is 12.9 Å². The summed E-state index contributed by atoms with van der Waals surface area (Å²) in [6, 6.07) is 14.8. The Labute approximate surface area is 275 Å². The van der Waals surface area contributed by atoms with Crippen LogP contribution in [0.1, 0.15) is 44.7 Å². The molecule has 2 aromatic rings. The lowest BCUT2D eigenvalue weighted by molar-refractivity contribution is 0.186. The maximum Gasteiger partial charge on any atom is 0.282 e. The quantitative estimate of drug-likeness (QED) is 0.430. The zero-order valence-electron chi connectivity index (χ0n) is 27.1. The Morgan fingerprint density at radius 2 is 1.51 bits per heavy atom. The fourth-order valence-electron chi connectivity index (χ4n) is 6.09. The lowest BCUT2D eigenvalue weighted by Gasteiger charge is -2.36. The molecular weight excluding hydrogens is 632 g/mol. The first-order chi connectivity index (χ1) is 21.1. The highest BCUT2D eigenvalue weighted by Crippen LogP contribution is 2.27. The summed E-state index contributed by atoms with van der Waals surface area (Å²) >= 11 is 6.18. The van der Waals surface area contributed by atoms with E-state index in [1.54, 1.807) is 30.3 Å². The molecule has 0 radical (unpaired) electrons. The van der Waals surface area contributed by atoms with Gasteiger partial charge in [-0.05, 0) is 99.6 Å². The van der Waals surface area contributed by atoms with Crippen molar-refractivity contribution in [2.45, 2.75) is 51.5 Å². The van der Waals surface area contributed by atoms with Crippen LogP contribution in [-0.2, 0) is 33.2 Å². The van der Waals surface area contributed by atoms with Crippen LogP contribution in [0.5, 0.6) is 0 Å². The smallest absolute Gasteiger partial charge is 0.282 e. The molecule has 45 heavy (non-hydrogen) atoms. The van der Waals surface area contributed by atoms with E-state index >= 15 is 0 Å². The Morgan fingerprint density at radius 3 is 2.13 bits per heavy atom. The first kappa shape index (κ1) is 35.6. The summed E-state index contributed by atoms with van der Waals surface area (Å²) in [5, 5.41) is 10.3. The number of sulfonamides is 1. The van der Waals surface area contributed by atoms with Gasteiger partial charge in [-0.2, -0.15) is 26.6 Å². The fourth-order valence-corrected chi connectivity index (χ4v) is 9.64. The SMILES string of the molecule is C[C@H]1CN(S(=O)(=O)c2ccc(N(C)C)cc2)CCCN(CC(C)(C)C#N)CCCN(S(=O)(=O)N2CCc3cc(Cl)ccc3C2)C1. The number of rotatable bonds is 7. The largest absolute Gasteiger partial charge is 0.378 e. The number of hydrogen-bond acceptors (Lipinski definition) is 7. The van der Waals surface area contributed by atoms with E-state index in [9.17, 15) is 22.1 Å². The summed E-state index contributed by atoms with van der Waals surface area (Å²) in [4.78, 5) is 4.29. The first-order valence-corrected chi connectivity index (χ1v) is 18.8. The number of nitrogens with zero attached hydrogens (tertiary/aromatic N) is 6. The Hall–Kier alpha value is -2.24. The van der Waals surface area contributed by atoms with Gasteiger partial charge in [-0.25, -0.2) is 8.42 Å². The lowest BCUT2D eigenvalue weighted by atomic mass is 9.95. The molecule has 1 atom stereocenters. The van der Waals surface area contributed by atoms with Gasteiger partial charge in [0.25, 0.3) is 10.2 Å². The lowest BCUT2D eigenvalue weighted by Crippen LogP contribution is -2.49. The van der Waals surface area contributed by atoms with Crippen LogP contribution in [-0.4, -0.2) is 101 Å². The Balaban J connectivity index is 1.62. The fraction of sp³-hybridized carbons (Fsp3) is 0.594. The van der Waals surface area contributed by atoms with Crippen LogP contribution in [0.15, 0.2) is 47.4 Å². The van der Waals surface area contributed by atoms with Crippen LogP contribution in [0.2, 0.25) is 5.02 Å². The minimum absolute atomic E-state index is 0.189. The summed E-state index contributed by atoms with van der Waals surface area (Å²) in [7, 11) is -3.88. The average molecular weight is 679 g/mol. The number of halogens is 1. The van der Waals surface area contributed by atoms with Crippen LogP contribution in [0, 0.1) is 22.7 Å². The second kappa shape index (κ2) is 14.7. The topological polar surface area (TPSA) is 108 Å². The molecular formula is C32H47ClN6O4S2. The third kappa shape index (κ3) is 8.98. The minimum Gasteiger partial charge on any atom is -0.378 e. The standard InChI is InChI=1S/C32H47ClN6O4S2/c1-26-21-37(44(40,41)31-12-10-30(11-13-31)35(4)5)17-6-15-36(25-32(2,3)24-34)16-7-18-38(22-26)45(42,43)39-19-14-27-20-29(33)9-8-28(27)23-39/h8-13,20,26H,6-7,14-19,21-23,25H2,1-5H3/t26-/m0/s1.